The zero-order chi connectivity index (χ0) is 19.2. The van der Waals surface area contributed by atoms with Gasteiger partial charge in [0.15, 0.2) is 5.78 Å². The van der Waals surface area contributed by atoms with Gasteiger partial charge in [0, 0.05) is 5.56 Å². The van der Waals surface area contributed by atoms with Gasteiger partial charge >= 0.3 is 0 Å². The predicted octanol–water partition coefficient (Wildman–Crippen LogP) is 4.51. The third kappa shape index (κ3) is 4.49. The summed E-state index contributed by atoms with van der Waals surface area (Å²) in [7, 11) is 1.59. The van der Waals surface area contributed by atoms with Gasteiger partial charge in [0.2, 0.25) is 0 Å². The molecule has 0 fully saturated rings. The molecule has 140 valence electrons. The molecule has 1 unspecified atom stereocenters. The van der Waals surface area contributed by atoms with E-state index in [1.807, 2.05) is 38.1 Å². The van der Waals surface area contributed by atoms with Crippen molar-refractivity contribution in [2.45, 2.75) is 24.3 Å². The van der Waals surface area contributed by atoms with Gasteiger partial charge in [-0.15, -0.1) is 10.2 Å². The molecule has 6 nitrogen and oxygen atoms in total. The maximum Gasteiger partial charge on any atom is 0.277 e. The number of thioether (sulfide) groups is 1. The van der Waals surface area contributed by atoms with Crippen molar-refractivity contribution in [1.82, 2.24) is 10.2 Å². The van der Waals surface area contributed by atoms with Crippen LogP contribution in [-0.4, -0.2) is 34.9 Å². The quantitative estimate of drug-likeness (QED) is 0.418. The topological polar surface area (TPSA) is 74.5 Å². The highest BCUT2D eigenvalue weighted by molar-refractivity contribution is 8.00. The number of benzene rings is 2. The molecule has 0 amide bonds. The van der Waals surface area contributed by atoms with Crippen molar-refractivity contribution >= 4 is 17.5 Å². The molecule has 0 radical (unpaired) electrons. The van der Waals surface area contributed by atoms with Gasteiger partial charge in [0.05, 0.1) is 24.5 Å². The average Bonchev–Trinajstić information content (AvgIpc) is 3.16. The molecular weight excluding hydrogens is 364 g/mol. The minimum absolute atomic E-state index is 0.0166. The zero-order valence-corrected chi connectivity index (χ0v) is 16.2. The van der Waals surface area contributed by atoms with Crippen LogP contribution in [0.2, 0.25) is 0 Å². The molecule has 3 rings (SSSR count). The van der Waals surface area contributed by atoms with Gasteiger partial charge in [0.1, 0.15) is 11.5 Å². The normalized spacial score (nSPS) is 11.8. The van der Waals surface area contributed by atoms with Crippen LogP contribution in [0.5, 0.6) is 11.5 Å². The molecular formula is C20H20N2O4S. The van der Waals surface area contributed by atoms with E-state index in [1.54, 1.807) is 31.4 Å². The van der Waals surface area contributed by atoms with E-state index in [2.05, 4.69) is 10.2 Å². The average molecular weight is 384 g/mol. The molecule has 1 aromatic heterocycles. The minimum Gasteiger partial charge on any atom is -0.497 e. The highest BCUT2D eigenvalue weighted by Crippen LogP contribution is 2.32. The monoisotopic (exact) mass is 384 g/mol. The van der Waals surface area contributed by atoms with E-state index in [0.29, 0.717) is 34.8 Å². The second kappa shape index (κ2) is 8.73. The minimum atomic E-state index is -0.367. The summed E-state index contributed by atoms with van der Waals surface area (Å²) in [5.41, 5.74) is 1.34. The fourth-order valence-electron chi connectivity index (χ4n) is 2.49. The third-order valence-corrected chi connectivity index (χ3v) is 4.78. The van der Waals surface area contributed by atoms with Gasteiger partial charge in [-0.25, -0.2) is 0 Å². The van der Waals surface area contributed by atoms with E-state index < -0.39 is 0 Å². The first-order valence-corrected chi connectivity index (χ1v) is 9.41. The number of carbonyl (C=O) groups is 1. The largest absolute Gasteiger partial charge is 0.497 e. The molecule has 0 saturated carbocycles. The standard InChI is InChI=1S/C20H20N2O4S/c1-4-25-17-8-6-5-7-16(17)19-21-22-20(26-19)27-13(2)18(23)14-9-11-15(24-3)12-10-14/h5-13H,4H2,1-3H3. The van der Waals surface area contributed by atoms with Crippen molar-refractivity contribution in [2.75, 3.05) is 13.7 Å². The lowest BCUT2D eigenvalue weighted by molar-refractivity contribution is 0.0993. The molecule has 3 aromatic rings. The van der Waals surface area contributed by atoms with E-state index in [4.69, 9.17) is 13.9 Å². The van der Waals surface area contributed by atoms with Crippen molar-refractivity contribution < 1.29 is 18.7 Å². The number of methoxy groups -OCH3 is 1. The molecule has 0 N–H and O–H groups in total. The number of hydrogen-bond acceptors (Lipinski definition) is 7. The Morgan fingerprint density at radius 2 is 1.89 bits per heavy atom. The number of Topliss-reactive ketones (excluding diaryl/α,β-unsaturated/α-hetero) is 1. The van der Waals surface area contributed by atoms with Gasteiger partial charge in [-0.3, -0.25) is 4.79 Å². The van der Waals surface area contributed by atoms with Gasteiger partial charge in [-0.05, 0) is 50.2 Å². The highest BCUT2D eigenvalue weighted by Gasteiger charge is 2.21. The van der Waals surface area contributed by atoms with Crippen molar-refractivity contribution in [2.24, 2.45) is 0 Å². The fourth-order valence-corrected chi connectivity index (χ4v) is 3.25. The lowest BCUT2D eigenvalue weighted by Crippen LogP contribution is -2.13. The first-order chi connectivity index (χ1) is 13.1. The van der Waals surface area contributed by atoms with Crippen molar-refractivity contribution in [1.29, 1.82) is 0 Å². The summed E-state index contributed by atoms with van der Waals surface area (Å²) in [6, 6.07) is 14.5. The van der Waals surface area contributed by atoms with E-state index in [0.717, 1.165) is 5.56 Å². The third-order valence-electron chi connectivity index (χ3n) is 3.85. The van der Waals surface area contributed by atoms with Crippen LogP contribution in [0.1, 0.15) is 24.2 Å². The van der Waals surface area contributed by atoms with Crippen LogP contribution in [0.25, 0.3) is 11.5 Å². The van der Waals surface area contributed by atoms with Crippen LogP contribution in [0.3, 0.4) is 0 Å². The van der Waals surface area contributed by atoms with Gasteiger partial charge < -0.3 is 13.9 Å². The van der Waals surface area contributed by atoms with Crippen LogP contribution in [0, 0.1) is 0 Å². The molecule has 0 bridgehead atoms. The second-order valence-electron chi connectivity index (χ2n) is 5.66. The Morgan fingerprint density at radius 1 is 1.15 bits per heavy atom. The Hall–Kier alpha value is -2.80. The maximum absolute atomic E-state index is 12.6. The summed E-state index contributed by atoms with van der Waals surface area (Å²) in [4.78, 5) is 12.6. The number of ether oxygens (including phenoxy) is 2. The summed E-state index contributed by atoms with van der Waals surface area (Å²) in [6.45, 7) is 4.27. The number of para-hydroxylation sites is 1. The highest BCUT2D eigenvalue weighted by atomic mass is 32.2. The Morgan fingerprint density at radius 3 is 2.59 bits per heavy atom. The molecule has 1 atom stereocenters. The van der Waals surface area contributed by atoms with Crippen molar-refractivity contribution in [3.63, 3.8) is 0 Å². The number of hydrogen-bond donors (Lipinski definition) is 0. The van der Waals surface area contributed by atoms with Crippen LogP contribution in [0.4, 0.5) is 0 Å². The van der Waals surface area contributed by atoms with Crippen LogP contribution < -0.4 is 9.47 Å². The Kier molecular flexibility index (Phi) is 6.13. The number of carbonyl (C=O) groups excluding carboxylic acids is 1. The van der Waals surface area contributed by atoms with Gasteiger partial charge in [-0.2, -0.15) is 0 Å². The smallest absolute Gasteiger partial charge is 0.277 e. The molecule has 0 aliphatic rings. The second-order valence-corrected chi connectivity index (χ2v) is 6.95. The number of ketones is 1. The molecule has 7 heteroatoms. The predicted molar refractivity (Wildman–Crippen MR) is 104 cm³/mol. The SMILES string of the molecule is CCOc1ccccc1-c1nnc(SC(C)C(=O)c2ccc(OC)cc2)o1. The Balaban J connectivity index is 1.72. The molecule has 0 aliphatic carbocycles. The lowest BCUT2D eigenvalue weighted by atomic mass is 10.1. The maximum atomic E-state index is 12.6. The molecule has 27 heavy (non-hydrogen) atoms. The van der Waals surface area contributed by atoms with E-state index in [-0.39, 0.29) is 11.0 Å². The Labute approximate surface area is 161 Å². The first-order valence-electron chi connectivity index (χ1n) is 8.53. The van der Waals surface area contributed by atoms with E-state index in [9.17, 15) is 4.79 Å². The summed E-state index contributed by atoms with van der Waals surface area (Å²) in [5, 5.41) is 8.12. The van der Waals surface area contributed by atoms with Crippen molar-refractivity contribution in [3.8, 4) is 23.0 Å². The first kappa shape index (κ1) is 19.0. The van der Waals surface area contributed by atoms with Crippen molar-refractivity contribution in [3.05, 3.63) is 54.1 Å². The van der Waals surface area contributed by atoms with E-state index >= 15 is 0 Å². The molecule has 2 aromatic carbocycles. The number of aromatic nitrogens is 2. The fraction of sp³-hybridized carbons (Fsp3) is 0.250. The number of nitrogens with zero attached hydrogens (tertiary/aromatic N) is 2. The molecule has 0 spiro atoms. The molecule has 0 saturated heterocycles. The van der Waals surface area contributed by atoms with Crippen LogP contribution >= 0.6 is 11.8 Å². The lowest BCUT2D eigenvalue weighted by Gasteiger charge is -2.08. The van der Waals surface area contributed by atoms with Gasteiger partial charge in [0.25, 0.3) is 11.1 Å². The zero-order valence-electron chi connectivity index (χ0n) is 15.3. The summed E-state index contributed by atoms with van der Waals surface area (Å²) in [5.74, 6) is 1.74. The van der Waals surface area contributed by atoms with Crippen LogP contribution in [-0.2, 0) is 0 Å². The van der Waals surface area contributed by atoms with E-state index in [1.165, 1.54) is 11.8 Å². The van der Waals surface area contributed by atoms with Crippen LogP contribution in [0.15, 0.2) is 58.2 Å². The number of rotatable bonds is 8. The molecule has 1 heterocycles. The summed E-state index contributed by atoms with van der Waals surface area (Å²) in [6.07, 6.45) is 0. The van der Waals surface area contributed by atoms with Gasteiger partial charge in [-0.1, -0.05) is 23.9 Å². The summed E-state index contributed by atoms with van der Waals surface area (Å²) < 4.78 is 16.5. The Bertz CT molecular complexity index is 908. The molecule has 0 aliphatic heterocycles. The summed E-state index contributed by atoms with van der Waals surface area (Å²) >= 11 is 1.23.